The maximum Gasteiger partial charge on any atom is 0.409 e. The molecule has 2 aromatic rings. The number of alkyl halides is 3. The quantitative estimate of drug-likeness (QED) is 0.617. The summed E-state index contributed by atoms with van der Waals surface area (Å²) in [5.41, 5.74) is 4.99. The van der Waals surface area contributed by atoms with Crippen LogP contribution in [-0.4, -0.2) is 44.5 Å². The molecule has 30 heavy (non-hydrogen) atoms. The van der Waals surface area contributed by atoms with Crippen molar-refractivity contribution in [1.29, 1.82) is 0 Å². The summed E-state index contributed by atoms with van der Waals surface area (Å²) in [5.74, 6) is -0.950. The number of nitrogens with zero attached hydrogens (tertiary/aromatic N) is 1. The minimum atomic E-state index is -4.86. The highest BCUT2D eigenvalue weighted by Crippen LogP contribution is 2.40. The van der Waals surface area contributed by atoms with E-state index >= 15 is 0 Å². The number of amides is 1. The van der Waals surface area contributed by atoms with Crippen molar-refractivity contribution in [3.8, 4) is 5.75 Å². The maximum absolute atomic E-state index is 13.2. The van der Waals surface area contributed by atoms with Gasteiger partial charge in [-0.15, -0.1) is 0 Å². The average Bonchev–Trinajstić information content (AvgIpc) is 2.65. The van der Waals surface area contributed by atoms with E-state index in [-0.39, 0.29) is 22.0 Å². The molecule has 1 aliphatic heterocycles. The van der Waals surface area contributed by atoms with Crippen molar-refractivity contribution in [2.24, 2.45) is 5.73 Å². The highest BCUT2D eigenvalue weighted by molar-refractivity contribution is 7.92. The van der Waals surface area contributed by atoms with Crippen LogP contribution in [0.4, 0.5) is 33.7 Å². The molecule has 0 fully saturated rings. The van der Waals surface area contributed by atoms with E-state index in [4.69, 9.17) is 15.6 Å². The van der Waals surface area contributed by atoms with Crippen LogP contribution in [0.2, 0.25) is 0 Å². The number of halogens is 4. The fraction of sp³-hybridized carbons (Fsp3) is 0.235. The number of ether oxygens (including phenoxy) is 1. The van der Waals surface area contributed by atoms with Gasteiger partial charge in [-0.2, -0.15) is 13.2 Å². The van der Waals surface area contributed by atoms with E-state index in [1.807, 2.05) is 5.32 Å². The Morgan fingerprint density at radius 1 is 1.23 bits per heavy atom. The largest absolute Gasteiger partial charge is 0.484 e. The lowest BCUT2D eigenvalue weighted by Gasteiger charge is -2.38. The lowest BCUT2D eigenvalue weighted by molar-refractivity contribution is -0.164. The summed E-state index contributed by atoms with van der Waals surface area (Å²) in [6.45, 7) is -0.802. The second kappa shape index (κ2) is 7.65. The zero-order valence-electron chi connectivity index (χ0n) is 14.9. The monoisotopic (exact) mass is 449 g/mol. The molecule has 0 aliphatic carbocycles. The summed E-state index contributed by atoms with van der Waals surface area (Å²) < 4.78 is 84.7. The van der Waals surface area contributed by atoms with E-state index in [1.165, 1.54) is 6.07 Å². The van der Waals surface area contributed by atoms with E-state index in [1.54, 1.807) is 0 Å². The van der Waals surface area contributed by atoms with Crippen LogP contribution in [0.1, 0.15) is 0 Å². The summed E-state index contributed by atoms with van der Waals surface area (Å²) >= 11 is 0. The van der Waals surface area contributed by atoms with Crippen LogP contribution in [-0.2, 0) is 10.0 Å². The van der Waals surface area contributed by atoms with Crippen molar-refractivity contribution in [1.82, 2.24) is 0 Å². The predicted octanol–water partition coefficient (Wildman–Crippen LogP) is 2.76. The van der Waals surface area contributed by atoms with Crippen molar-refractivity contribution in [3.05, 3.63) is 48.3 Å². The molecule has 4 N–H and O–H groups in total. The van der Waals surface area contributed by atoms with E-state index in [9.17, 15) is 30.8 Å². The van der Waals surface area contributed by atoms with Crippen molar-refractivity contribution in [2.45, 2.75) is 23.2 Å². The van der Waals surface area contributed by atoms with Crippen LogP contribution in [0.5, 0.6) is 5.75 Å². The Hall–Kier alpha value is -3.06. The average molecular weight is 449 g/mol. The highest BCUT2D eigenvalue weighted by Gasteiger charge is 2.47. The molecular weight excluding hydrogens is 434 g/mol. The number of hydrogen-bond donors (Lipinski definition) is 3. The second-order valence-corrected chi connectivity index (χ2v) is 8.19. The van der Waals surface area contributed by atoms with E-state index in [0.717, 1.165) is 36.4 Å². The number of rotatable bonds is 4. The number of sulfonamides is 1. The SMILES string of the molecule is N[C@H](C1CN(S(=O)(=O)c2ccc(F)cc2)c2cc(NC(=O)O)ccc2O1)C(F)(F)F. The highest BCUT2D eigenvalue weighted by atomic mass is 32.2. The van der Waals surface area contributed by atoms with Crippen molar-refractivity contribution >= 4 is 27.5 Å². The van der Waals surface area contributed by atoms with Crippen LogP contribution in [0.15, 0.2) is 47.4 Å². The van der Waals surface area contributed by atoms with E-state index in [2.05, 4.69) is 0 Å². The van der Waals surface area contributed by atoms with Gasteiger partial charge < -0.3 is 15.6 Å². The van der Waals surface area contributed by atoms with Gasteiger partial charge in [0.25, 0.3) is 10.0 Å². The van der Waals surface area contributed by atoms with Gasteiger partial charge in [0, 0.05) is 5.69 Å². The summed E-state index contributed by atoms with van der Waals surface area (Å²) in [5, 5.41) is 10.9. The fourth-order valence-electron chi connectivity index (χ4n) is 2.83. The molecule has 0 bridgehead atoms. The van der Waals surface area contributed by atoms with Crippen LogP contribution in [0.3, 0.4) is 0 Å². The first-order valence-corrected chi connectivity index (χ1v) is 9.75. The number of carboxylic acid groups (broad SMARTS) is 1. The van der Waals surface area contributed by atoms with Gasteiger partial charge in [-0.3, -0.25) is 9.62 Å². The van der Waals surface area contributed by atoms with Crippen molar-refractivity contribution < 1.29 is 40.6 Å². The molecule has 0 spiro atoms. The number of nitrogens with two attached hydrogens (primary N) is 1. The lowest BCUT2D eigenvalue weighted by atomic mass is 10.1. The number of hydrogen-bond acceptors (Lipinski definition) is 5. The van der Waals surface area contributed by atoms with Crippen LogP contribution < -0.4 is 20.1 Å². The molecule has 1 aliphatic rings. The fourth-order valence-corrected chi connectivity index (χ4v) is 4.31. The molecule has 2 aromatic carbocycles. The van der Waals surface area contributed by atoms with Crippen LogP contribution >= 0.6 is 0 Å². The van der Waals surface area contributed by atoms with Gasteiger partial charge in [-0.05, 0) is 42.5 Å². The van der Waals surface area contributed by atoms with Crippen molar-refractivity contribution in [3.63, 3.8) is 0 Å². The Labute approximate surface area is 167 Å². The number of carbonyl (C=O) groups is 1. The maximum atomic E-state index is 13.2. The van der Waals surface area contributed by atoms with Crippen LogP contribution in [0, 0.1) is 5.82 Å². The molecule has 3 rings (SSSR count). The molecule has 1 amide bonds. The second-order valence-electron chi connectivity index (χ2n) is 6.33. The third-order valence-electron chi connectivity index (χ3n) is 4.28. The molecule has 0 radical (unpaired) electrons. The van der Waals surface area contributed by atoms with E-state index in [0.29, 0.717) is 4.31 Å². The molecule has 1 heterocycles. The third kappa shape index (κ3) is 4.26. The molecule has 1 unspecified atom stereocenters. The number of nitrogens with one attached hydrogen (secondary N) is 1. The molecule has 13 heteroatoms. The van der Waals surface area contributed by atoms with Gasteiger partial charge in [0.1, 0.15) is 23.7 Å². The number of benzene rings is 2. The first-order valence-electron chi connectivity index (χ1n) is 8.31. The predicted molar refractivity (Wildman–Crippen MR) is 97.5 cm³/mol. The molecule has 162 valence electrons. The Morgan fingerprint density at radius 3 is 2.43 bits per heavy atom. The van der Waals surface area contributed by atoms with Crippen molar-refractivity contribution in [2.75, 3.05) is 16.2 Å². The molecule has 2 atom stereocenters. The van der Waals surface area contributed by atoms with Gasteiger partial charge in [0.05, 0.1) is 17.1 Å². The lowest BCUT2D eigenvalue weighted by Crippen LogP contribution is -2.56. The minimum Gasteiger partial charge on any atom is -0.484 e. The zero-order chi connectivity index (χ0) is 22.3. The summed E-state index contributed by atoms with van der Waals surface area (Å²) in [4.78, 5) is 10.5. The summed E-state index contributed by atoms with van der Waals surface area (Å²) in [7, 11) is -4.46. The van der Waals surface area contributed by atoms with Gasteiger partial charge in [0.15, 0.2) is 0 Å². The third-order valence-corrected chi connectivity index (χ3v) is 6.08. The number of fused-ring (bicyclic) bond motifs is 1. The zero-order valence-corrected chi connectivity index (χ0v) is 15.7. The molecule has 0 saturated heterocycles. The molecule has 0 aromatic heterocycles. The summed E-state index contributed by atoms with van der Waals surface area (Å²) in [6, 6.07) is 4.61. The number of anilines is 2. The minimum absolute atomic E-state index is 0.0391. The standard InChI is InChI=1S/C17H15F4N3O5S/c18-9-1-4-11(5-2-9)30(27,28)24-8-14(15(22)17(19,20)21)29-13-6-3-10(7-12(13)24)23-16(25)26/h1-7,14-15,23H,8,22H2,(H,25,26)/t14?,15-/m1/s1. The van der Waals surface area contributed by atoms with E-state index < -0.39 is 46.8 Å². The topological polar surface area (TPSA) is 122 Å². The Balaban J connectivity index is 2.11. The summed E-state index contributed by atoms with van der Waals surface area (Å²) in [6.07, 6.45) is -8.07. The van der Waals surface area contributed by atoms with Crippen LogP contribution in [0.25, 0.3) is 0 Å². The molecular formula is C17H15F4N3O5S. The van der Waals surface area contributed by atoms with Gasteiger partial charge in [0.2, 0.25) is 0 Å². The first-order chi connectivity index (χ1) is 13.9. The van der Waals surface area contributed by atoms with Gasteiger partial charge in [-0.1, -0.05) is 0 Å². The van der Waals surface area contributed by atoms with Gasteiger partial charge >= 0.3 is 12.3 Å². The molecule has 0 saturated carbocycles. The van der Waals surface area contributed by atoms with Gasteiger partial charge in [-0.25, -0.2) is 17.6 Å². The Bertz CT molecular complexity index is 1060. The molecule has 8 nitrogen and oxygen atoms in total. The smallest absolute Gasteiger partial charge is 0.409 e. The Kier molecular flexibility index (Phi) is 5.52. The Morgan fingerprint density at radius 2 is 1.87 bits per heavy atom. The first kappa shape index (κ1) is 21.6. The normalized spacial score (nSPS) is 17.6.